The third-order valence-corrected chi connectivity index (χ3v) is 3.95. The van der Waals surface area contributed by atoms with Crippen LogP contribution in [0.25, 0.3) is 0 Å². The van der Waals surface area contributed by atoms with Crippen molar-refractivity contribution in [3.8, 4) is 11.5 Å². The molecule has 0 atom stereocenters. The van der Waals surface area contributed by atoms with E-state index in [9.17, 15) is 19.2 Å². The first kappa shape index (κ1) is 23.2. The predicted octanol–water partition coefficient (Wildman–Crippen LogP) is 2.25. The lowest BCUT2D eigenvalue weighted by atomic mass is 10.1. The highest BCUT2D eigenvalue weighted by Gasteiger charge is 2.16. The highest BCUT2D eigenvalue weighted by atomic mass is 16.7. The fourth-order valence-electron chi connectivity index (χ4n) is 2.47. The van der Waals surface area contributed by atoms with Crippen molar-refractivity contribution in [3.63, 3.8) is 0 Å². The van der Waals surface area contributed by atoms with Gasteiger partial charge in [-0.25, -0.2) is 19.2 Å². The van der Waals surface area contributed by atoms with Crippen LogP contribution >= 0.6 is 0 Å². The Labute approximate surface area is 177 Å². The Morgan fingerprint density at radius 3 is 1.00 bits per heavy atom. The third kappa shape index (κ3) is 5.95. The van der Waals surface area contributed by atoms with Gasteiger partial charge in [-0.05, 0) is 36.4 Å². The predicted molar refractivity (Wildman–Crippen MR) is 104 cm³/mol. The van der Waals surface area contributed by atoms with Gasteiger partial charge in [0, 0.05) is 0 Å². The lowest BCUT2D eigenvalue weighted by Crippen LogP contribution is -2.11. The van der Waals surface area contributed by atoms with Crippen molar-refractivity contribution in [3.05, 3.63) is 58.7 Å². The summed E-state index contributed by atoms with van der Waals surface area (Å²) in [4.78, 5) is 47.3. The Morgan fingerprint density at radius 1 is 0.516 bits per heavy atom. The minimum Gasteiger partial charge on any atom is -0.465 e. The largest absolute Gasteiger partial charge is 0.465 e. The van der Waals surface area contributed by atoms with E-state index in [0.717, 1.165) is 0 Å². The zero-order valence-corrected chi connectivity index (χ0v) is 17.3. The molecule has 2 aromatic carbocycles. The van der Waals surface area contributed by atoms with Crippen molar-refractivity contribution in [2.24, 2.45) is 0 Å². The first-order valence-electron chi connectivity index (χ1n) is 8.72. The van der Waals surface area contributed by atoms with Gasteiger partial charge in [-0.3, -0.25) is 0 Å². The molecule has 0 aromatic heterocycles. The number of carbonyl (C=O) groups excluding carboxylic acids is 4. The second-order valence-corrected chi connectivity index (χ2v) is 5.86. The van der Waals surface area contributed by atoms with Gasteiger partial charge in [-0.15, -0.1) is 0 Å². The van der Waals surface area contributed by atoms with E-state index in [2.05, 4.69) is 18.9 Å². The van der Waals surface area contributed by atoms with Crippen LogP contribution in [0.15, 0.2) is 36.4 Å². The highest BCUT2D eigenvalue weighted by Crippen LogP contribution is 2.22. The van der Waals surface area contributed by atoms with Crippen molar-refractivity contribution in [2.75, 3.05) is 35.2 Å². The van der Waals surface area contributed by atoms with Crippen LogP contribution < -0.4 is 9.47 Å². The Bertz CT molecular complexity index is 848. The molecule has 0 spiro atoms. The summed E-state index contributed by atoms with van der Waals surface area (Å²) in [6, 6.07) is 8.01. The van der Waals surface area contributed by atoms with E-state index < -0.39 is 23.9 Å². The number of methoxy groups -OCH3 is 4. The van der Waals surface area contributed by atoms with Crippen LogP contribution in [0, 0.1) is 0 Å². The molecule has 0 unspecified atom stereocenters. The SMILES string of the molecule is COC(=O)c1cc(OCOc2cc(C(=O)OC)cc(C(=O)OC)c2)cc(C(=O)OC)c1. The molecule has 2 aromatic rings. The van der Waals surface area contributed by atoms with Gasteiger partial charge in [0.1, 0.15) is 11.5 Å². The molecule has 0 aliphatic rings. The summed E-state index contributed by atoms with van der Waals surface area (Å²) >= 11 is 0. The van der Waals surface area contributed by atoms with Crippen molar-refractivity contribution in [1.29, 1.82) is 0 Å². The minimum absolute atomic E-state index is 0.0704. The summed E-state index contributed by atoms with van der Waals surface area (Å²) in [6.45, 7) is -0.378. The molecule has 0 bridgehead atoms. The quantitative estimate of drug-likeness (QED) is 0.348. The van der Waals surface area contributed by atoms with Gasteiger partial charge < -0.3 is 28.4 Å². The zero-order valence-electron chi connectivity index (χ0n) is 17.3. The van der Waals surface area contributed by atoms with E-state index in [1.165, 1.54) is 64.8 Å². The van der Waals surface area contributed by atoms with E-state index in [4.69, 9.17) is 9.47 Å². The summed E-state index contributed by atoms with van der Waals surface area (Å²) in [5.74, 6) is -2.45. The minimum atomic E-state index is -0.676. The third-order valence-electron chi connectivity index (χ3n) is 3.95. The highest BCUT2D eigenvalue weighted by molar-refractivity contribution is 5.96. The maximum Gasteiger partial charge on any atom is 0.338 e. The lowest BCUT2D eigenvalue weighted by Gasteiger charge is -2.12. The normalized spacial score (nSPS) is 9.94. The molecule has 0 aliphatic carbocycles. The van der Waals surface area contributed by atoms with Crippen molar-refractivity contribution in [2.45, 2.75) is 0 Å². The molecule has 10 nitrogen and oxygen atoms in total. The Hall–Kier alpha value is -4.08. The van der Waals surface area contributed by atoms with E-state index in [-0.39, 0.29) is 40.5 Å². The zero-order chi connectivity index (χ0) is 23.0. The molecule has 0 heterocycles. The van der Waals surface area contributed by atoms with Crippen molar-refractivity contribution < 1.29 is 47.6 Å². The molecule has 0 amide bonds. The van der Waals surface area contributed by atoms with Crippen LogP contribution in [-0.4, -0.2) is 59.1 Å². The van der Waals surface area contributed by atoms with E-state index >= 15 is 0 Å². The van der Waals surface area contributed by atoms with Crippen LogP contribution in [0.1, 0.15) is 41.4 Å². The Morgan fingerprint density at radius 2 is 0.774 bits per heavy atom. The Balaban J connectivity index is 2.24. The fourth-order valence-corrected chi connectivity index (χ4v) is 2.47. The number of benzene rings is 2. The molecule has 0 radical (unpaired) electrons. The summed E-state index contributed by atoms with van der Waals surface area (Å²) in [5, 5.41) is 0. The van der Waals surface area contributed by atoms with Gasteiger partial charge in [0.25, 0.3) is 0 Å². The van der Waals surface area contributed by atoms with E-state index in [1.54, 1.807) is 0 Å². The van der Waals surface area contributed by atoms with Gasteiger partial charge in [0.2, 0.25) is 6.79 Å². The summed E-state index contributed by atoms with van der Waals surface area (Å²) in [5.41, 5.74) is 0.282. The molecule has 0 N–H and O–H groups in total. The van der Waals surface area contributed by atoms with Gasteiger partial charge in [0.15, 0.2) is 0 Å². The molecule has 31 heavy (non-hydrogen) atoms. The molecule has 2 rings (SSSR count). The molecule has 0 saturated heterocycles. The van der Waals surface area contributed by atoms with Gasteiger partial charge in [0.05, 0.1) is 50.7 Å². The number of ether oxygens (including phenoxy) is 6. The first-order valence-corrected chi connectivity index (χ1v) is 8.72. The Kier molecular flexibility index (Phi) is 7.95. The molecular weight excluding hydrogens is 412 g/mol. The molecular formula is C21H20O10. The van der Waals surface area contributed by atoms with Crippen LogP contribution in [-0.2, 0) is 18.9 Å². The fraction of sp³-hybridized carbons (Fsp3) is 0.238. The maximum atomic E-state index is 11.8. The molecule has 0 saturated carbocycles. The summed E-state index contributed by atoms with van der Waals surface area (Å²) in [6.07, 6.45) is 0. The molecule has 0 fully saturated rings. The summed E-state index contributed by atoms with van der Waals surface area (Å²) in [7, 11) is 4.79. The maximum absolute atomic E-state index is 11.8. The second kappa shape index (κ2) is 10.6. The first-order chi connectivity index (χ1) is 14.8. The molecule has 10 heteroatoms. The van der Waals surface area contributed by atoms with Gasteiger partial charge in [-0.1, -0.05) is 0 Å². The monoisotopic (exact) mass is 432 g/mol. The van der Waals surface area contributed by atoms with E-state index in [0.29, 0.717) is 0 Å². The van der Waals surface area contributed by atoms with Gasteiger partial charge >= 0.3 is 23.9 Å². The van der Waals surface area contributed by atoms with Crippen molar-refractivity contribution in [1.82, 2.24) is 0 Å². The average molecular weight is 432 g/mol. The van der Waals surface area contributed by atoms with Crippen LogP contribution in [0.5, 0.6) is 11.5 Å². The lowest BCUT2D eigenvalue weighted by molar-refractivity contribution is 0.0581. The molecule has 0 aliphatic heterocycles. The van der Waals surface area contributed by atoms with E-state index in [1.807, 2.05) is 0 Å². The summed E-state index contributed by atoms with van der Waals surface area (Å²) < 4.78 is 29.6. The number of carbonyl (C=O) groups is 4. The number of hydrogen-bond acceptors (Lipinski definition) is 10. The number of rotatable bonds is 8. The van der Waals surface area contributed by atoms with Gasteiger partial charge in [-0.2, -0.15) is 0 Å². The van der Waals surface area contributed by atoms with Crippen molar-refractivity contribution >= 4 is 23.9 Å². The van der Waals surface area contributed by atoms with Crippen LogP contribution in [0.3, 0.4) is 0 Å². The number of esters is 4. The smallest absolute Gasteiger partial charge is 0.338 e. The topological polar surface area (TPSA) is 124 Å². The second-order valence-electron chi connectivity index (χ2n) is 5.86. The number of hydrogen-bond donors (Lipinski definition) is 0. The standard InChI is InChI=1S/C21H20O10/c1-26-18(22)12-5-13(19(23)27-2)8-16(7-12)30-11-31-17-9-14(20(24)28-3)6-15(10-17)21(25)29-4/h5-10H,11H2,1-4H3. The molecule has 164 valence electrons. The average Bonchev–Trinajstić information content (AvgIpc) is 2.81. The van der Waals surface area contributed by atoms with Crippen LogP contribution in [0.4, 0.5) is 0 Å². The van der Waals surface area contributed by atoms with Crippen LogP contribution in [0.2, 0.25) is 0 Å².